The first-order valence-corrected chi connectivity index (χ1v) is 14.8. The quantitative estimate of drug-likeness (QED) is 0.0640. The molecule has 222 valence electrons. The molecule has 0 aromatic carbocycles. The van der Waals surface area contributed by atoms with E-state index in [1.54, 1.807) is 0 Å². The minimum Gasteiger partial charge on any atom is -0.481 e. The summed E-state index contributed by atoms with van der Waals surface area (Å²) in [6.07, 6.45) is 4.97. The summed E-state index contributed by atoms with van der Waals surface area (Å²) in [5.41, 5.74) is 0. The number of unbranched alkanes of at least 4 members (excludes halogenated alkanes) is 3. The molecule has 0 aliphatic carbocycles. The van der Waals surface area contributed by atoms with Crippen molar-refractivity contribution in [1.29, 1.82) is 0 Å². The Hall–Kier alpha value is -0.160. The molecule has 0 amide bonds. The van der Waals surface area contributed by atoms with E-state index >= 15 is 0 Å². The normalized spacial score (nSPS) is 11.4. The highest BCUT2D eigenvalue weighted by atomic mass is 127. The molecule has 0 radical (unpaired) electrons. The van der Waals surface area contributed by atoms with Gasteiger partial charge in [-0.3, -0.25) is 4.79 Å². The van der Waals surface area contributed by atoms with Gasteiger partial charge in [-0.15, -0.1) is 0 Å². The molecular formula is C25H49IO11. The third kappa shape index (κ3) is 35.8. The van der Waals surface area contributed by atoms with Gasteiger partial charge in [-0.2, -0.15) is 0 Å². The molecule has 0 rings (SSSR count). The van der Waals surface area contributed by atoms with Gasteiger partial charge in [-0.25, -0.2) is 0 Å². The Kier molecular flexibility index (Phi) is 33.7. The maximum atomic E-state index is 10.3. The molecule has 0 fully saturated rings. The van der Waals surface area contributed by atoms with Crippen molar-refractivity contribution < 1.29 is 52.5 Å². The Balaban J connectivity index is 3.02. The van der Waals surface area contributed by atoms with Gasteiger partial charge in [0.15, 0.2) is 0 Å². The topological polar surface area (TPSA) is 120 Å². The van der Waals surface area contributed by atoms with Crippen LogP contribution in [0.4, 0.5) is 0 Å². The molecule has 0 aromatic rings. The fourth-order valence-corrected chi connectivity index (χ4v) is 3.21. The predicted octanol–water partition coefficient (Wildman–Crippen LogP) is 2.61. The summed E-state index contributed by atoms with van der Waals surface area (Å²) in [6.45, 7) is 9.17. The number of halogens is 1. The minimum absolute atomic E-state index is 0.00452. The molecule has 0 unspecified atom stereocenters. The van der Waals surface area contributed by atoms with Crippen LogP contribution < -0.4 is 0 Å². The SMILES string of the molecule is O=C(O)CCOCCOCCOCCOCCOCCOCCOCCOCCOCCCCCCI. The molecule has 0 heterocycles. The maximum absolute atomic E-state index is 10.3. The fourth-order valence-electron chi connectivity index (χ4n) is 2.67. The summed E-state index contributed by atoms with van der Waals surface area (Å²) in [7, 11) is 0. The summed E-state index contributed by atoms with van der Waals surface area (Å²) in [5, 5.41) is 8.47. The molecule has 0 saturated carbocycles. The summed E-state index contributed by atoms with van der Waals surface area (Å²) in [6, 6.07) is 0. The Morgan fingerprint density at radius 3 is 0.973 bits per heavy atom. The fraction of sp³-hybridized carbons (Fsp3) is 0.960. The molecule has 37 heavy (non-hydrogen) atoms. The molecule has 0 aromatic heterocycles. The lowest BCUT2D eigenvalue weighted by Crippen LogP contribution is -2.15. The van der Waals surface area contributed by atoms with Crippen LogP contribution in [0.1, 0.15) is 32.1 Å². The monoisotopic (exact) mass is 652 g/mol. The smallest absolute Gasteiger partial charge is 0.305 e. The Bertz CT molecular complexity index is 447. The minimum atomic E-state index is -0.869. The van der Waals surface area contributed by atoms with Gasteiger partial charge in [-0.05, 0) is 17.3 Å². The first-order chi connectivity index (χ1) is 18.3. The first-order valence-electron chi connectivity index (χ1n) is 13.2. The van der Waals surface area contributed by atoms with E-state index in [4.69, 9.17) is 47.7 Å². The second-order valence-electron chi connectivity index (χ2n) is 7.76. The van der Waals surface area contributed by atoms with Crippen LogP contribution in [0.2, 0.25) is 0 Å². The first kappa shape index (κ1) is 36.8. The highest BCUT2D eigenvalue weighted by Crippen LogP contribution is 2.02. The van der Waals surface area contributed by atoms with E-state index < -0.39 is 5.97 Å². The highest BCUT2D eigenvalue weighted by Gasteiger charge is 1.97. The van der Waals surface area contributed by atoms with Crippen molar-refractivity contribution in [2.24, 2.45) is 0 Å². The van der Waals surface area contributed by atoms with Crippen LogP contribution in [0.15, 0.2) is 0 Å². The zero-order chi connectivity index (χ0) is 26.9. The third-order valence-corrected chi connectivity index (χ3v) is 5.37. The number of hydrogen-bond acceptors (Lipinski definition) is 10. The van der Waals surface area contributed by atoms with E-state index in [2.05, 4.69) is 22.6 Å². The molecule has 1 N–H and O–H groups in total. The van der Waals surface area contributed by atoms with Crippen LogP contribution >= 0.6 is 22.6 Å². The zero-order valence-corrected chi connectivity index (χ0v) is 24.5. The third-order valence-electron chi connectivity index (χ3n) is 4.61. The Morgan fingerprint density at radius 1 is 0.405 bits per heavy atom. The second kappa shape index (κ2) is 33.9. The molecule has 11 nitrogen and oxygen atoms in total. The van der Waals surface area contributed by atoms with Gasteiger partial charge >= 0.3 is 5.97 Å². The lowest BCUT2D eigenvalue weighted by atomic mass is 10.2. The highest BCUT2D eigenvalue weighted by molar-refractivity contribution is 14.1. The van der Waals surface area contributed by atoms with Crippen LogP contribution in [0.5, 0.6) is 0 Å². The van der Waals surface area contributed by atoms with E-state index in [-0.39, 0.29) is 13.0 Å². The Morgan fingerprint density at radius 2 is 0.676 bits per heavy atom. The molecular weight excluding hydrogens is 603 g/mol. The summed E-state index contributed by atoms with van der Waals surface area (Å²) in [5.74, 6) is -0.869. The number of carbonyl (C=O) groups is 1. The van der Waals surface area contributed by atoms with Crippen molar-refractivity contribution >= 4 is 28.6 Å². The molecule has 0 atom stereocenters. The number of rotatable bonds is 33. The van der Waals surface area contributed by atoms with Crippen molar-refractivity contribution in [2.75, 3.05) is 123 Å². The van der Waals surface area contributed by atoms with E-state index in [9.17, 15) is 4.79 Å². The number of carboxylic acids is 1. The van der Waals surface area contributed by atoms with Gasteiger partial charge in [0.1, 0.15) is 0 Å². The van der Waals surface area contributed by atoms with Gasteiger partial charge in [0, 0.05) is 6.61 Å². The second-order valence-corrected chi connectivity index (χ2v) is 8.84. The molecule has 0 aliphatic heterocycles. The van der Waals surface area contributed by atoms with Crippen molar-refractivity contribution in [3.05, 3.63) is 0 Å². The van der Waals surface area contributed by atoms with Gasteiger partial charge in [0.05, 0.1) is 119 Å². The average molecular weight is 653 g/mol. The molecule has 0 aliphatic rings. The summed E-state index contributed by atoms with van der Waals surface area (Å²) in [4.78, 5) is 10.3. The molecule has 12 heteroatoms. The zero-order valence-electron chi connectivity index (χ0n) is 22.4. The van der Waals surface area contributed by atoms with Crippen LogP contribution in [0, 0.1) is 0 Å². The van der Waals surface area contributed by atoms with Crippen LogP contribution in [-0.4, -0.2) is 134 Å². The standard InChI is InChI=1S/C25H49IO11/c26-6-3-1-2-4-7-29-9-11-31-13-15-33-17-19-35-21-23-37-24-22-36-20-18-34-16-14-32-12-10-30-8-5-25(27)28/h1-24H2,(H,27,28). The van der Waals surface area contributed by atoms with Crippen LogP contribution in [0.25, 0.3) is 0 Å². The van der Waals surface area contributed by atoms with Gasteiger partial charge < -0.3 is 47.7 Å². The average Bonchev–Trinajstić information content (AvgIpc) is 2.89. The molecule has 0 spiro atoms. The number of alkyl halides is 1. The molecule has 0 saturated heterocycles. The van der Waals surface area contributed by atoms with E-state index in [0.29, 0.717) is 106 Å². The van der Waals surface area contributed by atoms with Crippen molar-refractivity contribution in [2.45, 2.75) is 32.1 Å². The number of carboxylic acid groups (broad SMARTS) is 1. The van der Waals surface area contributed by atoms with Gasteiger partial charge in [-0.1, -0.05) is 35.4 Å². The lowest BCUT2D eigenvalue weighted by Gasteiger charge is -2.09. The lowest BCUT2D eigenvalue weighted by molar-refractivity contribution is -0.138. The van der Waals surface area contributed by atoms with Gasteiger partial charge in [0.25, 0.3) is 0 Å². The van der Waals surface area contributed by atoms with Crippen LogP contribution in [0.3, 0.4) is 0 Å². The summed E-state index contributed by atoms with van der Waals surface area (Å²) >= 11 is 2.41. The number of aliphatic carboxylic acids is 1. The van der Waals surface area contributed by atoms with Crippen molar-refractivity contribution in [1.82, 2.24) is 0 Å². The number of hydrogen-bond donors (Lipinski definition) is 1. The van der Waals surface area contributed by atoms with E-state index in [1.165, 1.54) is 23.7 Å². The number of ether oxygens (including phenoxy) is 9. The van der Waals surface area contributed by atoms with Crippen molar-refractivity contribution in [3.8, 4) is 0 Å². The van der Waals surface area contributed by atoms with E-state index in [1.807, 2.05) is 0 Å². The van der Waals surface area contributed by atoms with E-state index in [0.717, 1.165) is 13.0 Å². The maximum Gasteiger partial charge on any atom is 0.305 e. The Labute approximate surface area is 236 Å². The van der Waals surface area contributed by atoms with Crippen LogP contribution in [-0.2, 0) is 47.4 Å². The molecule has 0 bridgehead atoms. The predicted molar refractivity (Wildman–Crippen MR) is 147 cm³/mol. The van der Waals surface area contributed by atoms with Crippen molar-refractivity contribution in [3.63, 3.8) is 0 Å². The largest absolute Gasteiger partial charge is 0.481 e. The summed E-state index contributed by atoms with van der Waals surface area (Å²) < 4.78 is 49.8. The van der Waals surface area contributed by atoms with Gasteiger partial charge in [0.2, 0.25) is 0 Å².